The molecule has 0 spiro atoms. The van der Waals surface area contributed by atoms with Crippen LogP contribution in [0.3, 0.4) is 0 Å². The Morgan fingerprint density at radius 1 is 1.23 bits per heavy atom. The summed E-state index contributed by atoms with van der Waals surface area (Å²) < 4.78 is 5.17. The third-order valence-corrected chi connectivity index (χ3v) is 6.50. The van der Waals surface area contributed by atoms with E-state index in [0.717, 1.165) is 12.0 Å². The second-order valence-corrected chi connectivity index (χ2v) is 9.36. The predicted molar refractivity (Wildman–Crippen MR) is 121 cm³/mol. The standard InChI is InChI=1S/C24H32N2O3S/c1-17(2)15-22(27)25(12-13-29-4)16-23(28)26-11-9-21-20(10-14-30-21)24(26)19-7-5-18(3)6-8-19/h5-8,10,14,17,24H,9,11-13,15-16H2,1-4H3/t24-/m0/s1. The van der Waals surface area contributed by atoms with E-state index >= 15 is 0 Å². The first kappa shape index (κ1) is 22.5. The van der Waals surface area contributed by atoms with Crippen molar-refractivity contribution in [1.82, 2.24) is 9.80 Å². The molecule has 5 nitrogen and oxygen atoms in total. The number of benzene rings is 1. The lowest BCUT2D eigenvalue weighted by molar-refractivity contribution is -0.142. The van der Waals surface area contributed by atoms with Gasteiger partial charge in [-0.15, -0.1) is 11.3 Å². The molecule has 0 radical (unpaired) electrons. The molecule has 1 aromatic carbocycles. The smallest absolute Gasteiger partial charge is 0.242 e. The Hall–Kier alpha value is -2.18. The number of rotatable bonds is 8. The monoisotopic (exact) mass is 428 g/mol. The lowest BCUT2D eigenvalue weighted by atomic mass is 9.92. The van der Waals surface area contributed by atoms with E-state index in [1.165, 1.54) is 16.0 Å². The molecule has 1 aromatic heterocycles. The second-order valence-electron chi connectivity index (χ2n) is 8.36. The summed E-state index contributed by atoms with van der Waals surface area (Å²) in [5.74, 6) is 0.252. The SMILES string of the molecule is COCCN(CC(=O)N1CCc2sccc2[C@@H]1c1ccc(C)cc1)C(=O)CC(C)C. The minimum atomic E-state index is -0.0995. The lowest BCUT2D eigenvalue weighted by Crippen LogP contribution is -2.47. The van der Waals surface area contributed by atoms with Crippen LogP contribution in [0.4, 0.5) is 0 Å². The molecule has 0 N–H and O–H groups in total. The maximum absolute atomic E-state index is 13.4. The fourth-order valence-electron chi connectivity index (χ4n) is 3.92. The van der Waals surface area contributed by atoms with Gasteiger partial charge < -0.3 is 14.5 Å². The van der Waals surface area contributed by atoms with Gasteiger partial charge in [-0.1, -0.05) is 43.7 Å². The van der Waals surface area contributed by atoms with Gasteiger partial charge in [0.2, 0.25) is 11.8 Å². The number of amides is 2. The summed E-state index contributed by atoms with van der Waals surface area (Å²) in [6.07, 6.45) is 1.30. The fourth-order valence-corrected chi connectivity index (χ4v) is 4.82. The summed E-state index contributed by atoms with van der Waals surface area (Å²) in [5, 5.41) is 2.11. The highest BCUT2D eigenvalue weighted by atomic mass is 32.1. The van der Waals surface area contributed by atoms with Gasteiger partial charge in [0.05, 0.1) is 19.2 Å². The molecule has 1 atom stereocenters. The number of hydrogen-bond acceptors (Lipinski definition) is 4. The number of carbonyl (C=O) groups is 2. The molecule has 6 heteroatoms. The molecule has 0 bridgehead atoms. The van der Waals surface area contributed by atoms with Crippen molar-refractivity contribution in [2.75, 3.05) is 33.4 Å². The van der Waals surface area contributed by atoms with E-state index in [0.29, 0.717) is 26.1 Å². The number of methoxy groups -OCH3 is 1. The van der Waals surface area contributed by atoms with Crippen molar-refractivity contribution < 1.29 is 14.3 Å². The number of thiophene rings is 1. The zero-order valence-electron chi connectivity index (χ0n) is 18.4. The first-order valence-electron chi connectivity index (χ1n) is 10.6. The molecule has 2 amide bonds. The Balaban J connectivity index is 1.84. The van der Waals surface area contributed by atoms with E-state index in [2.05, 4.69) is 42.6 Å². The molecule has 0 saturated heterocycles. The van der Waals surface area contributed by atoms with Gasteiger partial charge in [-0.2, -0.15) is 0 Å². The third-order valence-electron chi connectivity index (χ3n) is 5.51. The van der Waals surface area contributed by atoms with E-state index in [1.54, 1.807) is 23.3 Å². The zero-order chi connectivity index (χ0) is 21.7. The van der Waals surface area contributed by atoms with Crippen molar-refractivity contribution in [1.29, 1.82) is 0 Å². The summed E-state index contributed by atoms with van der Waals surface area (Å²) in [5.41, 5.74) is 3.52. The molecule has 162 valence electrons. The van der Waals surface area contributed by atoms with Gasteiger partial charge >= 0.3 is 0 Å². The van der Waals surface area contributed by atoms with Gasteiger partial charge in [0.1, 0.15) is 0 Å². The maximum atomic E-state index is 13.4. The van der Waals surface area contributed by atoms with Crippen LogP contribution in [0.25, 0.3) is 0 Å². The van der Waals surface area contributed by atoms with Crippen molar-refractivity contribution in [3.8, 4) is 0 Å². The lowest BCUT2D eigenvalue weighted by Gasteiger charge is -2.37. The Morgan fingerprint density at radius 3 is 2.63 bits per heavy atom. The molecule has 2 heterocycles. The van der Waals surface area contributed by atoms with Crippen LogP contribution < -0.4 is 0 Å². The summed E-state index contributed by atoms with van der Waals surface area (Å²) in [7, 11) is 1.61. The first-order valence-corrected chi connectivity index (χ1v) is 11.5. The predicted octanol–water partition coefficient (Wildman–Crippen LogP) is 4.05. The van der Waals surface area contributed by atoms with Crippen LogP contribution >= 0.6 is 11.3 Å². The molecule has 1 aliphatic rings. The van der Waals surface area contributed by atoms with Crippen LogP contribution in [0.1, 0.15) is 47.9 Å². The Labute approximate surface area is 183 Å². The van der Waals surface area contributed by atoms with Gasteiger partial charge in [0, 0.05) is 31.5 Å². The molecule has 0 saturated carbocycles. The van der Waals surface area contributed by atoms with Crippen LogP contribution in [-0.2, 0) is 20.7 Å². The van der Waals surface area contributed by atoms with Crippen molar-refractivity contribution in [3.05, 3.63) is 57.3 Å². The van der Waals surface area contributed by atoms with E-state index in [1.807, 2.05) is 18.7 Å². The van der Waals surface area contributed by atoms with Crippen LogP contribution in [0.15, 0.2) is 35.7 Å². The third kappa shape index (κ3) is 5.29. The normalized spacial score (nSPS) is 15.9. The molecule has 2 aromatic rings. The summed E-state index contributed by atoms with van der Waals surface area (Å²) in [6.45, 7) is 7.72. The number of carbonyl (C=O) groups excluding carboxylic acids is 2. The van der Waals surface area contributed by atoms with Crippen LogP contribution in [0, 0.1) is 12.8 Å². The minimum Gasteiger partial charge on any atom is -0.383 e. The van der Waals surface area contributed by atoms with Crippen LogP contribution in [0.5, 0.6) is 0 Å². The van der Waals surface area contributed by atoms with E-state index in [9.17, 15) is 9.59 Å². The number of nitrogens with zero attached hydrogens (tertiary/aromatic N) is 2. The van der Waals surface area contributed by atoms with Crippen molar-refractivity contribution in [2.24, 2.45) is 5.92 Å². The Bertz CT molecular complexity index is 860. The topological polar surface area (TPSA) is 49.9 Å². The van der Waals surface area contributed by atoms with Crippen molar-refractivity contribution in [3.63, 3.8) is 0 Å². The van der Waals surface area contributed by atoms with Gasteiger partial charge in [-0.3, -0.25) is 9.59 Å². The Kier molecular flexibility index (Phi) is 7.67. The number of ether oxygens (including phenoxy) is 1. The molecule has 0 unspecified atom stereocenters. The number of hydrogen-bond donors (Lipinski definition) is 0. The summed E-state index contributed by atoms with van der Waals surface area (Å²) in [4.78, 5) is 31.1. The van der Waals surface area contributed by atoms with Crippen molar-refractivity contribution in [2.45, 2.75) is 39.7 Å². The highest BCUT2D eigenvalue weighted by molar-refractivity contribution is 7.10. The average molecular weight is 429 g/mol. The Morgan fingerprint density at radius 2 is 1.97 bits per heavy atom. The van der Waals surface area contributed by atoms with Crippen LogP contribution in [0.2, 0.25) is 0 Å². The van der Waals surface area contributed by atoms with E-state index in [4.69, 9.17) is 4.74 Å². The number of aryl methyl sites for hydroxylation is 1. The maximum Gasteiger partial charge on any atom is 0.242 e. The molecule has 0 aliphatic carbocycles. The average Bonchev–Trinajstić information content (AvgIpc) is 3.19. The molecule has 3 rings (SSSR count). The molecule has 30 heavy (non-hydrogen) atoms. The largest absolute Gasteiger partial charge is 0.383 e. The number of fused-ring (bicyclic) bond motifs is 1. The highest BCUT2D eigenvalue weighted by Crippen LogP contribution is 2.38. The molecular weight excluding hydrogens is 396 g/mol. The van der Waals surface area contributed by atoms with Crippen LogP contribution in [-0.4, -0.2) is 55.0 Å². The second kappa shape index (κ2) is 10.2. The van der Waals surface area contributed by atoms with E-state index < -0.39 is 0 Å². The molecule has 0 fully saturated rings. The van der Waals surface area contributed by atoms with Gasteiger partial charge in [0.25, 0.3) is 0 Å². The summed E-state index contributed by atoms with van der Waals surface area (Å²) >= 11 is 1.76. The van der Waals surface area contributed by atoms with E-state index in [-0.39, 0.29) is 30.3 Å². The quantitative estimate of drug-likeness (QED) is 0.637. The first-order chi connectivity index (χ1) is 14.4. The summed E-state index contributed by atoms with van der Waals surface area (Å²) in [6, 6.07) is 10.4. The van der Waals surface area contributed by atoms with Crippen molar-refractivity contribution >= 4 is 23.2 Å². The highest BCUT2D eigenvalue weighted by Gasteiger charge is 2.33. The van der Waals surface area contributed by atoms with Gasteiger partial charge in [0.15, 0.2) is 0 Å². The van der Waals surface area contributed by atoms with Gasteiger partial charge in [-0.25, -0.2) is 0 Å². The van der Waals surface area contributed by atoms with Gasteiger partial charge in [-0.05, 0) is 41.8 Å². The minimum absolute atomic E-state index is 0.00867. The zero-order valence-corrected chi connectivity index (χ0v) is 19.2. The fraction of sp³-hybridized carbons (Fsp3) is 0.500. The molecule has 1 aliphatic heterocycles. The molecular formula is C24H32N2O3S.